The number of rotatable bonds is 3. The molecule has 0 bridgehead atoms. The number of sulfonamides is 1. The van der Waals surface area contributed by atoms with E-state index in [1.807, 2.05) is 6.07 Å². The SMILES string of the molecule is COc1ccc(S(=O)(=O)N2CCC3(CC2)CC(=O)c2cc(Br)ccc2O3)cc1Br. The fourth-order valence-electron chi connectivity index (χ4n) is 3.84. The number of hydrogen-bond donors (Lipinski definition) is 0. The van der Waals surface area contributed by atoms with E-state index in [2.05, 4.69) is 31.9 Å². The van der Waals surface area contributed by atoms with Gasteiger partial charge in [-0.05, 0) is 52.3 Å². The van der Waals surface area contributed by atoms with Crippen LogP contribution in [0.3, 0.4) is 0 Å². The summed E-state index contributed by atoms with van der Waals surface area (Å²) in [5, 5.41) is 0. The molecule has 154 valence electrons. The maximum atomic E-state index is 13.1. The number of piperidine rings is 1. The maximum absolute atomic E-state index is 13.1. The summed E-state index contributed by atoms with van der Waals surface area (Å²) < 4.78 is 40.4. The lowest BCUT2D eigenvalue weighted by molar-refractivity contribution is 0.00589. The van der Waals surface area contributed by atoms with Crippen molar-refractivity contribution in [2.75, 3.05) is 20.2 Å². The third-order valence-corrected chi connectivity index (χ3v) is 8.45. The van der Waals surface area contributed by atoms with Gasteiger partial charge in [-0.25, -0.2) is 8.42 Å². The molecule has 2 aliphatic heterocycles. The van der Waals surface area contributed by atoms with Gasteiger partial charge in [0, 0.05) is 30.4 Å². The van der Waals surface area contributed by atoms with Crippen LogP contribution in [0.1, 0.15) is 29.6 Å². The lowest BCUT2D eigenvalue weighted by atomic mass is 9.83. The standard InChI is InChI=1S/C20H19Br2NO5S/c1-27-19-5-3-14(11-16(19)22)29(25,26)23-8-6-20(7-9-23)12-17(24)15-10-13(21)2-4-18(15)28-20/h2-5,10-11H,6-9,12H2,1H3. The Labute approximate surface area is 186 Å². The van der Waals surface area contributed by atoms with E-state index in [-0.39, 0.29) is 17.1 Å². The zero-order chi connectivity index (χ0) is 20.8. The van der Waals surface area contributed by atoms with Gasteiger partial charge in [0.1, 0.15) is 17.1 Å². The quantitative estimate of drug-likeness (QED) is 0.572. The summed E-state index contributed by atoms with van der Waals surface area (Å²) >= 11 is 6.72. The van der Waals surface area contributed by atoms with Crippen molar-refractivity contribution in [3.63, 3.8) is 0 Å². The normalized spacial score (nSPS) is 18.9. The molecule has 9 heteroatoms. The number of Topliss-reactive ketones (excluding diaryl/α,β-unsaturated/α-hetero) is 1. The number of carbonyl (C=O) groups is 1. The van der Waals surface area contributed by atoms with Crippen LogP contribution in [0.5, 0.6) is 11.5 Å². The summed E-state index contributed by atoms with van der Waals surface area (Å²) in [7, 11) is -2.11. The smallest absolute Gasteiger partial charge is 0.243 e. The zero-order valence-electron chi connectivity index (χ0n) is 15.7. The highest BCUT2D eigenvalue weighted by Crippen LogP contribution is 2.41. The minimum Gasteiger partial charge on any atom is -0.496 e. The second kappa shape index (κ2) is 7.68. The number of halogens is 2. The van der Waals surface area contributed by atoms with E-state index in [9.17, 15) is 13.2 Å². The highest BCUT2D eigenvalue weighted by molar-refractivity contribution is 9.10. The van der Waals surface area contributed by atoms with Crippen molar-refractivity contribution < 1.29 is 22.7 Å². The number of nitrogens with zero attached hydrogens (tertiary/aromatic N) is 1. The molecule has 2 aromatic carbocycles. The van der Waals surface area contributed by atoms with Crippen LogP contribution in [-0.2, 0) is 10.0 Å². The number of ketones is 1. The molecule has 0 aromatic heterocycles. The minimum absolute atomic E-state index is 0.0305. The molecule has 2 aliphatic rings. The predicted molar refractivity (Wildman–Crippen MR) is 115 cm³/mol. The summed E-state index contributed by atoms with van der Waals surface area (Å²) in [6.07, 6.45) is 1.19. The van der Waals surface area contributed by atoms with Gasteiger partial charge in [-0.1, -0.05) is 15.9 Å². The van der Waals surface area contributed by atoms with Crippen molar-refractivity contribution in [1.82, 2.24) is 4.31 Å². The molecule has 2 heterocycles. The van der Waals surface area contributed by atoms with Gasteiger partial charge < -0.3 is 9.47 Å². The Bertz CT molecular complexity index is 1080. The van der Waals surface area contributed by atoms with Crippen molar-refractivity contribution in [2.45, 2.75) is 29.8 Å². The Morgan fingerprint density at radius 3 is 2.48 bits per heavy atom. The van der Waals surface area contributed by atoms with E-state index < -0.39 is 15.6 Å². The van der Waals surface area contributed by atoms with Gasteiger partial charge in [-0.15, -0.1) is 0 Å². The molecule has 2 aromatic rings. The summed E-state index contributed by atoms with van der Waals surface area (Å²) in [5.74, 6) is 1.17. The van der Waals surface area contributed by atoms with Crippen LogP contribution >= 0.6 is 31.9 Å². The maximum Gasteiger partial charge on any atom is 0.243 e. The molecule has 1 spiro atoms. The molecular weight excluding hydrogens is 526 g/mol. The first-order chi connectivity index (χ1) is 13.7. The summed E-state index contributed by atoms with van der Waals surface area (Å²) in [4.78, 5) is 12.9. The average molecular weight is 545 g/mol. The largest absolute Gasteiger partial charge is 0.496 e. The Balaban J connectivity index is 1.53. The number of benzene rings is 2. The summed E-state index contributed by atoms with van der Waals surface area (Å²) in [6.45, 7) is 0.593. The second-order valence-corrected chi connectivity index (χ2v) is 10.9. The number of fused-ring (bicyclic) bond motifs is 1. The van der Waals surface area contributed by atoms with Gasteiger partial charge in [-0.3, -0.25) is 4.79 Å². The van der Waals surface area contributed by atoms with Crippen molar-refractivity contribution in [3.05, 3.63) is 50.9 Å². The molecule has 1 saturated heterocycles. The molecule has 0 N–H and O–H groups in total. The fraction of sp³-hybridized carbons (Fsp3) is 0.350. The second-order valence-electron chi connectivity index (χ2n) is 7.23. The molecule has 0 amide bonds. The van der Waals surface area contributed by atoms with Crippen LogP contribution in [0.15, 0.2) is 50.2 Å². The van der Waals surface area contributed by atoms with Crippen molar-refractivity contribution in [1.29, 1.82) is 0 Å². The molecular formula is C20H19Br2NO5S. The summed E-state index contributed by atoms with van der Waals surface area (Å²) in [6, 6.07) is 10.1. The zero-order valence-corrected chi connectivity index (χ0v) is 19.6. The lowest BCUT2D eigenvalue weighted by Gasteiger charge is -2.43. The average Bonchev–Trinajstić information content (AvgIpc) is 2.69. The number of ether oxygens (including phenoxy) is 2. The molecule has 6 nitrogen and oxygen atoms in total. The number of methoxy groups -OCH3 is 1. The fourth-order valence-corrected chi connectivity index (χ4v) is 6.36. The lowest BCUT2D eigenvalue weighted by Crippen LogP contribution is -2.52. The van der Waals surface area contributed by atoms with Gasteiger partial charge in [0.25, 0.3) is 0 Å². The number of hydrogen-bond acceptors (Lipinski definition) is 5. The Kier molecular flexibility index (Phi) is 5.52. The Morgan fingerprint density at radius 2 is 1.83 bits per heavy atom. The van der Waals surface area contributed by atoms with Gasteiger partial charge in [0.2, 0.25) is 10.0 Å². The van der Waals surface area contributed by atoms with E-state index in [0.717, 1.165) is 4.47 Å². The van der Waals surface area contributed by atoms with Gasteiger partial charge in [0.05, 0.1) is 28.5 Å². The highest BCUT2D eigenvalue weighted by Gasteiger charge is 2.45. The molecule has 0 radical (unpaired) electrons. The molecule has 29 heavy (non-hydrogen) atoms. The van der Waals surface area contributed by atoms with Crippen LogP contribution in [0, 0.1) is 0 Å². The first-order valence-electron chi connectivity index (χ1n) is 9.10. The number of carbonyl (C=O) groups excluding carboxylic acids is 1. The molecule has 0 unspecified atom stereocenters. The molecule has 0 aliphatic carbocycles. The third kappa shape index (κ3) is 3.85. The topological polar surface area (TPSA) is 72.9 Å². The molecule has 0 saturated carbocycles. The van der Waals surface area contributed by atoms with Gasteiger partial charge in [-0.2, -0.15) is 4.31 Å². The van der Waals surface area contributed by atoms with Crippen molar-refractivity contribution >= 4 is 47.7 Å². The Morgan fingerprint density at radius 1 is 1.10 bits per heavy atom. The van der Waals surface area contributed by atoms with Crippen LogP contribution in [-0.4, -0.2) is 44.3 Å². The van der Waals surface area contributed by atoms with Crippen LogP contribution < -0.4 is 9.47 Å². The first kappa shape index (κ1) is 20.8. The van der Waals surface area contributed by atoms with Crippen LogP contribution in [0.25, 0.3) is 0 Å². The Hall–Kier alpha value is -1.42. The first-order valence-corrected chi connectivity index (χ1v) is 12.1. The minimum atomic E-state index is -3.64. The van der Waals surface area contributed by atoms with E-state index in [1.54, 1.807) is 24.3 Å². The molecule has 4 rings (SSSR count). The van der Waals surface area contributed by atoms with Crippen LogP contribution in [0.2, 0.25) is 0 Å². The summed E-state index contributed by atoms with van der Waals surface area (Å²) in [5.41, 5.74) is -0.0760. The van der Waals surface area contributed by atoms with Gasteiger partial charge in [0.15, 0.2) is 5.78 Å². The van der Waals surface area contributed by atoms with E-state index in [0.29, 0.717) is 47.5 Å². The van der Waals surface area contributed by atoms with E-state index >= 15 is 0 Å². The van der Waals surface area contributed by atoms with Crippen LogP contribution in [0.4, 0.5) is 0 Å². The monoisotopic (exact) mass is 543 g/mol. The van der Waals surface area contributed by atoms with E-state index in [4.69, 9.17) is 9.47 Å². The van der Waals surface area contributed by atoms with Crippen molar-refractivity contribution in [3.8, 4) is 11.5 Å². The molecule has 0 atom stereocenters. The highest BCUT2D eigenvalue weighted by atomic mass is 79.9. The van der Waals surface area contributed by atoms with Gasteiger partial charge >= 0.3 is 0 Å². The van der Waals surface area contributed by atoms with E-state index in [1.165, 1.54) is 17.5 Å². The van der Waals surface area contributed by atoms with Crippen molar-refractivity contribution in [2.24, 2.45) is 0 Å². The molecule has 1 fully saturated rings. The third-order valence-electron chi connectivity index (χ3n) is 5.45. The predicted octanol–water partition coefficient (Wildman–Crippen LogP) is 4.41.